The Balaban J connectivity index is 2.38. The van der Waals surface area contributed by atoms with Gasteiger partial charge in [0, 0.05) is 25.6 Å². The Morgan fingerprint density at radius 1 is 1.47 bits per heavy atom. The van der Waals surface area contributed by atoms with Crippen molar-refractivity contribution < 1.29 is 4.79 Å². The number of carbonyl (C=O) groups is 1. The van der Waals surface area contributed by atoms with Crippen LogP contribution in [0.4, 0.5) is 0 Å². The third kappa shape index (κ3) is 3.20. The quantitative estimate of drug-likeness (QED) is 0.706. The SMILES string of the molecule is CCCCCC(=O)N1CCC(C)C1CN. The highest BCUT2D eigenvalue weighted by atomic mass is 16.2. The van der Waals surface area contributed by atoms with E-state index in [0.717, 1.165) is 25.8 Å². The van der Waals surface area contributed by atoms with Crippen molar-refractivity contribution in [2.75, 3.05) is 13.1 Å². The molecule has 1 heterocycles. The summed E-state index contributed by atoms with van der Waals surface area (Å²) in [4.78, 5) is 13.9. The number of nitrogens with zero attached hydrogens (tertiary/aromatic N) is 1. The third-order valence-corrected chi connectivity index (χ3v) is 3.44. The number of nitrogens with two attached hydrogens (primary N) is 1. The van der Waals surface area contributed by atoms with Crippen LogP contribution < -0.4 is 5.73 Å². The second kappa shape index (κ2) is 6.11. The average Bonchev–Trinajstić information content (AvgIpc) is 2.59. The fraction of sp³-hybridized carbons (Fsp3) is 0.917. The van der Waals surface area contributed by atoms with Crippen molar-refractivity contribution in [1.82, 2.24) is 4.90 Å². The largest absolute Gasteiger partial charge is 0.338 e. The van der Waals surface area contributed by atoms with E-state index in [-0.39, 0.29) is 0 Å². The van der Waals surface area contributed by atoms with Gasteiger partial charge < -0.3 is 10.6 Å². The predicted octanol–water partition coefficient (Wildman–Crippen LogP) is 1.76. The molecule has 88 valence electrons. The van der Waals surface area contributed by atoms with E-state index in [9.17, 15) is 4.79 Å². The Kier molecular flexibility index (Phi) is 5.09. The molecule has 15 heavy (non-hydrogen) atoms. The van der Waals surface area contributed by atoms with Crippen LogP contribution in [0.3, 0.4) is 0 Å². The first-order valence-corrected chi connectivity index (χ1v) is 6.20. The number of hydrogen-bond acceptors (Lipinski definition) is 2. The van der Waals surface area contributed by atoms with E-state index in [1.165, 1.54) is 6.42 Å². The molecular weight excluding hydrogens is 188 g/mol. The Bertz CT molecular complexity index is 206. The van der Waals surface area contributed by atoms with Crippen LogP contribution in [0.15, 0.2) is 0 Å². The summed E-state index contributed by atoms with van der Waals surface area (Å²) in [6.07, 6.45) is 5.17. The molecule has 2 N–H and O–H groups in total. The van der Waals surface area contributed by atoms with Crippen LogP contribution in [0, 0.1) is 5.92 Å². The van der Waals surface area contributed by atoms with Crippen molar-refractivity contribution in [1.29, 1.82) is 0 Å². The minimum absolute atomic E-state index is 0.291. The Morgan fingerprint density at radius 2 is 2.20 bits per heavy atom. The maximum absolute atomic E-state index is 11.9. The molecule has 0 aromatic carbocycles. The third-order valence-electron chi connectivity index (χ3n) is 3.44. The molecule has 1 aliphatic rings. The van der Waals surface area contributed by atoms with Gasteiger partial charge in [0.25, 0.3) is 0 Å². The molecule has 1 aliphatic heterocycles. The number of hydrogen-bond donors (Lipinski definition) is 1. The second-order valence-corrected chi connectivity index (χ2v) is 4.61. The first-order chi connectivity index (χ1) is 7.20. The molecule has 0 aromatic heterocycles. The van der Waals surface area contributed by atoms with E-state index in [1.54, 1.807) is 0 Å². The molecule has 1 amide bonds. The van der Waals surface area contributed by atoms with Crippen LogP contribution >= 0.6 is 0 Å². The van der Waals surface area contributed by atoms with Crippen molar-refractivity contribution in [2.45, 2.75) is 52.0 Å². The molecular formula is C12H24N2O. The fourth-order valence-corrected chi connectivity index (χ4v) is 2.35. The standard InChI is InChI=1S/C12H24N2O/c1-3-4-5-6-12(15)14-8-7-10(2)11(14)9-13/h10-11H,3-9,13H2,1-2H3. The van der Waals surface area contributed by atoms with Gasteiger partial charge in [0.2, 0.25) is 5.91 Å². The molecule has 0 spiro atoms. The monoisotopic (exact) mass is 212 g/mol. The average molecular weight is 212 g/mol. The lowest BCUT2D eigenvalue weighted by atomic mass is 10.0. The minimum atomic E-state index is 0.291. The fourth-order valence-electron chi connectivity index (χ4n) is 2.35. The minimum Gasteiger partial charge on any atom is -0.338 e. The van der Waals surface area contributed by atoms with Gasteiger partial charge in [-0.25, -0.2) is 0 Å². The highest BCUT2D eigenvalue weighted by Crippen LogP contribution is 2.24. The molecule has 0 bridgehead atoms. The smallest absolute Gasteiger partial charge is 0.222 e. The molecule has 0 radical (unpaired) electrons. The summed E-state index contributed by atoms with van der Waals surface area (Å²) in [7, 11) is 0. The van der Waals surface area contributed by atoms with Crippen molar-refractivity contribution in [3.63, 3.8) is 0 Å². The molecule has 0 aliphatic carbocycles. The second-order valence-electron chi connectivity index (χ2n) is 4.61. The number of carbonyl (C=O) groups excluding carboxylic acids is 1. The van der Waals surface area contributed by atoms with Crippen molar-refractivity contribution in [3.8, 4) is 0 Å². The number of rotatable bonds is 5. The summed E-state index contributed by atoms with van der Waals surface area (Å²) < 4.78 is 0. The summed E-state index contributed by atoms with van der Waals surface area (Å²) in [5.41, 5.74) is 5.71. The first kappa shape index (κ1) is 12.5. The predicted molar refractivity (Wildman–Crippen MR) is 62.5 cm³/mol. The molecule has 2 unspecified atom stereocenters. The maximum atomic E-state index is 11.9. The lowest BCUT2D eigenvalue weighted by Gasteiger charge is -2.25. The lowest BCUT2D eigenvalue weighted by molar-refractivity contribution is -0.132. The van der Waals surface area contributed by atoms with Crippen molar-refractivity contribution in [3.05, 3.63) is 0 Å². The highest BCUT2D eigenvalue weighted by molar-refractivity contribution is 5.76. The molecule has 3 nitrogen and oxygen atoms in total. The van der Waals surface area contributed by atoms with Crippen LogP contribution in [0.25, 0.3) is 0 Å². The van der Waals surface area contributed by atoms with Gasteiger partial charge in [0.05, 0.1) is 0 Å². The summed E-state index contributed by atoms with van der Waals surface area (Å²) >= 11 is 0. The molecule has 1 rings (SSSR count). The van der Waals surface area contributed by atoms with E-state index in [0.29, 0.717) is 30.8 Å². The van der Waals surface area contributed by atoms with E-state index < -0.39 is 0 Å². The summed E-state index contributed by atoms with van der Waals surface area (Å²) in [5.74, 6) is 0.883. The number of likely N-dealkylation sites (tertiary alicyclic amines) is 1. The van der Waals surface area contributed by atoms with E-state index in [2.05, 4.69) is 13.8 Å². The topological polar surface area (TPSA) is 46.3 Å². The molecule has 2 atom stereocenters. The zero-order valence-electron chi connectivity index (χ0n) is 10.0. The Labute approximate surface area is 93.0 Å². The molecule has 0 aromatic rings. The van der Waals surface area contributed by atoms with Crippen LogP contribution in [0.1, 0.15) is 46.0 Å². The molecule has 0 saturated carbocycles. The number of amides is 1. The van der Waals surface area contributed by atoms with E-state index >= 15 is 0 Å². The Hall–Kier alpha value is -0.570. The maximum Gasteiger partial charge on any atom is 0.222 e. The summed E-state index contributed by atoms with van der Waals surface area (Å²) in [6.45, 7) is 5.87. The highest BCUT2D eigenvalue weighted by Gasteiger charge is 2.32. The summed E-state index contributed by atoms with van der Waals surface area (Å²) in [6, 6.07) is 0.291. The van der Waals surface area contributed by atoms with Gasteiger partial charge >= 0.3 is 0 Å². The van der Waals surface area contributed by atoms with Gasteiger partial charge in [0.1, 0.15) is 0 Å². The van der Waals surface area contributed by atoms with E-state index in [1.807, 2.05) is 4.90 Å². The first-order valence-electron chi connectivity index (χ1n) is 6.20. The normalized spacial score (nSPS) is 25.9. The van der Waals surface area contributed by atoms with Gasteiger partial charge in [-0.3, -0.25) is 4.79 Å². The van der Waals surface area contributed by atoms with Crippen LogP contribution in [0.5, 0.6) is 0 Å². The van der Waals surface area contributed by atoms with E-state index in [4.69, 9.17) is 5.73 Å². The Morgan fingerprint density at radius 3 is 2.80 bits per heavy atom. The lowest BCUT2D eigenvalue weighted by Crippen LogP contribution is -2.42. The summed E-state index contributed by atoms with van der Waals surface area (Å²) in [5, 5.41) is 0. The van der Waals surface area contributed by atoms with Crippen LogP contribution in [-0.4, -0.2) is 29.9 Å². The van der Waals surface area contributed by atoms with Crippen molar-refractivity contribution in [2.24, 2.45) is 11.7 Å². The van der Waals surface area contributed by atoms with Gasteiger partial charge in [-0.15, -0.1) is 0 Å². The van der Waals surface area contributed by atoms with Gasteiger partial charge in [0.15, 0.2) is 0 Å². The molecule has 1 saturated heterocycles. The van der Waals surface area contributed by atoms with Gasteiger partial charge in [-0.05, 0) is 18.8 Å². The van der Waals surface area contributed by atoms with Gasteiger partial charge in [-0.1, -0.05) is 26.7 Å². The van der Waals surface area contributed by atoms with Crippen LogP contribution in [-0.2, 0) is 4.79 Å². The number of unbranched alkanes of at least 4 members (excludes halogenated alkanes) is 2. The zero-order chi connectivity index (χ0) is 11.3. The van der Waals surface area contributed by atoms with Crippen LogP contribution in [0.2, 0.25) is 0 Å². The molecule has 3 heteroatoms. The zero-order valence-corrected chi connectivity index (χ0v) is 10.0. The molecule has 1 fully saturated rings. The van der Waals surface area contributed by atoms with Crippen molar-refractivity contribution >= 4 is 5.91 Å². The van der Waals surface area contributed by atoms with Gasteiger partial charge in [-0.2, -0.15) is 0 Å².